The van der Waals surface area contributed by atoms with E-state index < -0.39 is 0 Å². The highest BCUT2D eigenvalue weighted by atomic mass is 35.5. The number of rotatable bonds is 1. The molecule has 1 aromatic heterocycles. The highest BCUT2D eigenvalue weighted by Crippen LogP contribution is 1.80. The maximum absolute atomic E-state index is 10.4. The molecule has 5 heteroatoms. The number of halogens is 1. The fraction of sp³-hybridized carbons (Fsp3) is 0.200. The van der Waals surface area contributed by atoms with Gasteiger partial charge in [0.1, 0.15) is 0 Å². The van der Waals surface area contributed by atoms with Crippen LogP contribution in [0.25, 0.3) is 0 Å². The first-order valence-electron chi connectivity index (χ1n) is 2.56. The molecule has 0 unspecified atom stereocenters. The normalized spacial score (nSPS) is 8.50. The molecule has 4 nitrogen and oxygen atoms in total. The number of hydrogen-bond donors (Lipinski definition) is 2. The maximum atomic E-state index is 10.4. The summed E-state index contributed by atoms with van der Waals surface area (Å²) in [4.78, 5) is 16.6. The zero-order valence-corrected chi connectivity index (χ0v) is 6.02. The van der Waals surface area contributed by atoms with Crippen LogP contribution in [0.15, 0.2) is 17.2 Å². The van der Waals surface area contributed by atoms with E-state index in [-0.39, 0.29) is 18.0 Å². The quantitative estimate of drug-likeness (QED) is 0.592. The van der Waals surface area contributed by atoms with Crippen LogP contribution in [0, 0.1) is 0 Å². The summed E-state index contributed by atoms with van der Waals surface area (Å²) in [6.07, 6.45) is 2.71. The molecule has 0 bridgehead atoms. The highest BCUT2D eigenvalue weighted by Gasteiger charge is 1.86. The molecule has 1 aromatic rings. The Morgan fingerprint density at radius 2 is 2.40 bits per heavy atom. The summed E-state index contributed by atoms with van der Waals surface area (Å²) in [6.45, 7) is 0.358. The summed E-state index contributed by atoms with van der Waals surface area (Å²) in [5.74, 6) is 0. The lowest BCUT2D eigenvalue weighted by atomic mass is 10.5. The third-order valence-electron chi connectivity index (χ3n) is 0.938. The summed E-state index contributed by atoms with van der Waals surface area (Å²) in [6, 6.07) is 0. The molecule has 0 aromatic carbocycles. The van der Waals surface area contributed by atoms with Crippen molar-refractivity contribution in [1.82, 2.24) is 9.97 Å². The standard InChI is InChI=1S/C5H7N3O.ClH/c6-1-4-2-8-5(9)3-7-4;/h2-3H,1,6H2,(H,8,9);1H. The van der Waals surface area contributed by atoms with Crippen molar-refractivity contribution in [2.45, 2.75) is 6.54 Å². The van der Waals surface area contributed by atoms with Gasteiger partial charge in [-0.2, -0.15) is 0 Å². The Balaban J connectivity index is 0.000000810. The van der Waals surface area contributed by atoms with Crippen LogP contribution in [0.2, 0.25) is 0 Å². The molecule has 0 aliphatic carbocycles. The summed E-state index contributed by atoms with van der Waals surface area (Å²) >= 11 is 0. The fourth-order valence-electron chi connectivity index (χ4n) is 0.482. The molecule has 0 amide bonds. The minimum atomic E-state index is -0.202. The molecule has 1 rings (SSSR count). The molecule has 3 N–H and O–H groups in total. The van der Waals surface area contributed by atoms with Gasteiger partial charge in [0.15, 0.2) is 0 Å². The van der Waals surface area contributed by atoms with Crippen LogP contribution in [0.5, 0.6) is 0 Å². The van der Waals surface area contributed by atoms with Gasteiger partial charge in [0.2, 0.25) is 0 Å². The number of nitrogens with one attached hydrogen (secondary N) is 1. The number of aromatic amines is 1. The Labute approximate surface area is 63.9 Å². The van der Waals surface area contributed by atoms with E-state index in [2.05, 4.69) is 9.97 Å². The molecule has 0 atom stereocenters. The summed E-state index contributed by atoms with van der Waals surface area (Å²) in [7, 11) is 0. The molecule has 1 heterocycles. The molecule has 0 spiro atoms. The Hall–Kier alpha value is -0.870. The third-order valence-corrected chi connectivity index (χ3v) is 0.938. The molecular formula is C5H8ClN3O. The minimum absolute atomic E-state index is 0. The van der Waals surface area contributed by atoms with Crippen LogP contribution < -0.4 is 11.3 Å². The van der Waals surface area contributed by atoms with Crippen molar-refractivity contribution in [1.29, 1.82) is 0 Å². The van der Waals surface area contributed by atoms with E-state index in [4.69, 9.17) is 5.73 Å². The first-order chi connectivity index (χ1) is 4.33. The Morgan fingerprint density at radius 1 is 1.70 bits per heavy atom. The van der Waals surface area contributed by atoms with Gasteiger partial charge in [0.05, 0.1) is 11.9 Å². The van der Waals surface area contributed by atoms with Gasteiger partial charge >= 0.3 is 0 Å². The van der Waals surface area contributed by atoms with E-state index in [0.717, 1.165) is 0 Å². The van der Waals surface area contributed by atoms with Crippen molar-refractivity contribution in [2.24, 2.45) is 5.73 Å². The monoisotopic (exact) mass is 161 g/mol. The van der Waals surface area contributed by atoms with Gasteiger partial charge in [-0.3, -0.25) is 9.78 Å². The SMILES string of the molecule is Cl.NCc1c[nH]c(=O)cn1. The smallest absolute Gasteiger partial charge is 0.266 e. The van der Waals surface area contributed by atoms with Crippen LogP contribution in [-0.2, 0) is 6.54 Å². The largest absolute Gasteiger partial charge is 0.326 e. The Morgan fingerprint density at radius 3 is 2.80 bits per heavy atom. The lowest BCUT2D eigenvalue weighted by Crippen LogP contribution is -2.08. The van der Waals surface area contributed by atoms with Gasteiger partial charge in [0, 0.05) is 12.7 Å². The van der Waals surface area contributed by atoms with E-state index in [1.807, 2.05) is 0 Å². The van der Waals surface area contributed by atoms with E-state index in [9.17, 15) is 4.79 Å². The van der Waals surface area contributed by atoms with Gasteiger partial charge in [-0.15, -0.1) is 12.4 Å². The number of hydrogen-bond acceptors (Lipinski definition) is 3. The second kappa shape index (κ2) is 4.03. The predicted molar refractivity (Wildman–Crippen MR) is 40.0 cm³/mol. The zero-order valence-electron chi connectivity index (χ0n) is 5.20. The lowest BCUT2D eigenvalue weighted by molar-refractivity contribution is 0.950. The van der Waals surface area contributed by atoms with Gasteiger partial charge in [-0.25, -0.2) is 0 Å². The second-order valence-corrected chi connectivity index (χ2v) is 1.61. The molecule has 0 aliphatic rings. The van der Waals surface area contributed by atoms with Crippen LogP contribution >= 0.6 is 12.4 Å². The van der Waals surface area contributed by atoms with E-state index >= 15 is 0 Å². The first-order valence-corrected chi connectivity index (χ1v) is 2.56. The predicted octanol–water partition coefficient (Wildman–Crippen LogP) is -0.350. The maximum Gasteiger partial charge on any atom is 0.266 e. The van der Waals surface area contributed by atoms with Crippen molar-refractivity contribution < 1.29 is 0 Å². The molecule has 10 heavy (non-hydrogen) atoms. The average Bonchev–Trinajstić information content (AvgIpc) is 1.90. The Kier molecular flexibility index (Phi) is 3.68. The van der Waals surface area contributed by atoms with Gasteiger partial charge in [0.25, 0.3) is 5.56 Å². The molecule has 0 saturated heterocycles. The Bertz CT molecular complexity index is 226. The third kappa shape index (κ3) is 2.16. The molecule has 0 fully saturated rings. The van der Waals surface area contributed by atoms with Crippen molar-refractivity contribution in [3.63, 3.8) is 0 Å². The lowest BCUT2D eigenvalue weighted by Gasteiger charge is -1.89. The number of nitrogens with zero attached hydrogens (tertiary/aromatic N) is 1. The molecule has 56 valence electrons. The zero-order chi connectivity index (χ0) is 6.69. The van der Waals surface area contributed by atoms with Crippen molar-refractivity contribution in [2.75, 3.05) is 0 Å². The van der Waals surface area contributed by atoms with Crippen molar-refractivity contribution in [3.8, 4) is 0 Å². The van der Waals surface area contributed by atoms with Crippen LogP contribution in [0.1, 0.15) is 5.69 Å². The van der Waals surface area contributed by atoms with Crippen molar-refractivity contribution in [3.05, 3.63) is 28.4 Å². The molecular weight excluding hydrogens is 154 g/mol. The summed E-state index contributed by atoms with van der Waals surface area (Å²) in [5, 5.41) is 0. The van der Waals surface area contributed by atoms with Crippen LogP contribution in [-0.4, -0.2) is 9.97 Å². The number of aromatic nitrogens is 2. The van der Waals surface area contributed by atoms with Gasteiger partial charge in [-0.1, -0.05) is 0 Å². The van der Waals surface area contributed by atoms with E-state index in [1.165, 1.54) is 12.4 Å². The number of nitrogens with two attached hydrogens (primary N) is 1. The summed E-state index contributed by atoms with van der Waals surface area (Å²) < 4.78 is 0. The minimum Gasteiger partial charge on any atom is -0.326 e. The molecule has 0 aliphatic heterocycles. The fourth-order valence-corrected chi connectivity index (χ4v) is 0.482. The average molecular weight is 162 g/mol. The van der Waals surface area contributed by atoms with Crippen LogP contribution in [0.4, 0.5) is 0 Å². The second-order valence-electron chi connectivity index (χ2n) is 1.61. The van der Waals surface area contributed by atoms with Crippen LogP contribution in [0.3, 0.4) is 0 Å². The molecule has 0 saturated carbocycles. The van der Waals surface area contributed by atoms with E-state index in [0.29, 0.717) is 12.2 Å². The number of H-pyrrole nitrogens is 1. The van der Waals surface area contributed by atoms with E-state index in [1.54, 1.807) is 0 Å². The molecule has 0 radical (unpaired) electrons. The van der Waals surface area contributed by atoms with Gasteiger partial charge in [-0.05, 0) is 0 Å². The highest BCUT2D eigenvalue weighted by molar-refractivity contribution is 5.85. The summed E-state index contributed by atoms with van der Waals surface area (Å²) in [5.41, 5.74) is 5.70. The first kappa shape index (κ1) is 9.13. The van der Waals surface area contributed by atoms with Crippen molar-refractivity contribution >= 4 is 12.4 Å². The van der Waals surface area contributed by atoms with Gasteiger partial charge < -0.3 is 10.7 Å². The topological polar surface area (TPSA) is 71.8 Å².